The fourth-order valence-electron chi connectivity index (χ4n) is 5.12. The third-order valence-corrected chi connectivity index (χ3v) is 7.38. The molecule has 8 heteroatoms. The Morgan fingerprint density at radius 1 is 1.12 bits per heavy atom. The lowest BCUT2D eigenvalue weighted by molar-refractivity contribution is -0.588. The van der Waals surface area contributed by atoms with Crippen LogP contribution in [-0.4, -0.2) is 65.5 Å². The van der Waals surface area contributed by atoms with Crippen molar-refractivity contribution in [3.05, 3.63) is 40.4 Å². The summed E-state index contributed by atoms with van der Waals surface area (Å²) in [6, 6.07) is 7.66. The maximum absolute atomic E-state index is 13.1. The zero-order chi connectivity index (χ0) is 22.1. The minimum atomic E-state index is -0.0785. The molecule has 3 aliphatic rings. The van der Waals surface area contributed by atoms with Crippen molar-refractivity contribution < 1.29 is 9.55 Å². The van der Waals surface area contributed by atoms with E-state index in [0.717, 1.165) is 55.4 Å². The van der Waals surface area contributed by atoms with Crippen molar-refractivity contribution in [3.63, 3.8) is 0 Å². The Labute approximate surface area is 193 Å². The van der Waals surface area contributed by atoms with E-state index in [0.29, 0.717) is 30.6 Å². The molecule has 7 nitrogen and oxygen atoms in total. The average molecular weight is 457 g/mol. The maximum atomic E-state index is 13.1. The van der Waals surface area contributed by atoms with Gasteiger partial charge < -0.3 is 15.1 Å². The average Bonchev–Trinajstić information content (AvgIpc) is 3.64. The Morgan fingerprint density at radius 2 is 1.94 bits per heavy atom. The molecule has 1 aromatic carbocycles. The number of aromatic nitrogens is 1. The molecule has 2 aromatic rings. The zero-order valence-electron chi connectivity index (χ0n) is 18.4. The number of nitrogens with zero attached hydrogens (tertiary/aromatic N) is 4. The monoisotopic (exact) mass is 456 g/mol. The van der Waals surface area contributed by atoms with E-state index in [1.807, 2.05) is 35.4 Å². The number of carbonyl (C=O) groups excluding carboxylic acids is 1. The van der Waals surface area contributed by atoms with Crippen molar-refractivity contribution in [1.29, 1.82) is 0 Å². The quantitative estimate of drug-likeness (QED) is 0.699. The van der Waals surface area contributed by atoms with Crippen LogP contribution in [0.15, 0.2) is 30.5 Å². The maximum Gasteiger partial charge on any atom is 0.317 e. The number of carbonyl (C=O) groups is 1. The van der Waals surface area contributed by atoms with Crippen molar-refractivity contribution in [2.75, 3.05) is 37.6 Å². The Balaban J connectivity index is 1.22. The fourth-order valence-corrected chi connectivity index (χ4v) is 5.28. The van der Waals surface area contributed by atoms with Gasteiger partial charge in [-0.1, -0.05) is 11.6 Å². The molecule has 3 fully saturated rings. The van der Waals surface area contributed by atoms with Crippen LogP contribution in [0.2, 0.25) is 5.02 Å². The number of benzene rings is 1. The highest BCUT2D eigenvalue weighted by molar-refractivity contribution is 6.31. The predicted octanol–water partition coefficient (Wildman–Crippen LogP) is 4.22. The number of piperazine rings is 1. The number of hydrogen-bond acceptors (Lipinski definition) is 4. The van der Waals surface area contributed by atoms with Crippen LogP contribution in [0.5, 0.6) is 0 Å². The van der Waals surface area contributed by atoms with Crippen LogP contribution in [0, 0.1) is 10.8 Å². The molecule has 1 aromatic heterocycles. The summed E-state index contributed by atoms with van der Waals surface area (Å²) >= 11 is 6.12. The lowest BCUT2D eigenvalue weighted by Gasteiger charge is -2.37. The first kappa shape index (κ1) is 21.4. The highest BCUT2D eigenvalue weighted by atomic mass is 35.5. The molecule has 1 aliphatic carbocycles. The number of urea groups is 1. The van der Waals surface area contributed by atoms with Gasteiger partial charge in [0.15, 0.2) is 6.54 Å². The Morgan fingerprint density at radius 3 is 2.72 bits per heavy atom. The number of halogens is 1. The molecule has 2 atom stereocenters. The summed E-state index contributed by atoms with van der Waals surface area (Å²) in [5.41, 5.74) is 2.01. The molecule has 32 heavy (non-hydrogen) atoms. The molecule has 2 aliphatic heterocycles. The van der Waals surface area contributed by atoms with Crippen LogP contribution in [-0.2, 0) is 0 Å². The van der Waals surface area contributed by atoms with E-state index in [1.54, 1.807) is 0 Å². The van der Waals surface area contributed by atoms with Gasteiger partial charge in [-0.3, -0.25) is 4.98 Å². The first-order chi connectivity index (χ1) is 15.6. The van der Waals surface area contributed by atoms with Crippen LogP contribution in [0.25, 0.3) is 10.9 Å². The van der Waals surface area contributed by atoms with Gasteiger partial charge in [-0.2, -0.15) is 0 Å². The summed E-state index contributed by atoms with van der Waals surface area (Å²) in [4.78, 5) is 34.3. The summed E-state index contributed by atoms with van der Waals surface area (Å²) in [5.74, 6) is 0.669. The molecule has 0 radical (unpaired) electrons. The van der Waals surface area contributed by atoms with Gasteiger partial charge in [0.1, 0.15) is 0 Å². The summed E-state index contributed by atoms with van der Waals surface area (Å²) in [6.07, 6.45) is 7.99. The van der Waals surface area contributed by atoms with Crippen molar-refractivity contribution >= 4 is 34.2 Å². The minimum absolute atomic E-state index is 0.0304. The number of rotatable bonds is 4. The molecular weight excluding hydrogens is 426 g/mol. The standard InChI is InChI=1S/C24H30ClN5O2/c25-18-6-7-19-21(16-18)26-9-8-22(19)28-11-13-29(14-12-28)24(31)27-20-3-1-2-10-30(32)23(20)15-17-4-5-17/h6-9,16-17,20,23H,1-5,10-15H2/p+1. The lowest BCUT2D eigenvalue weighted by atomic mass is 9.99. The molecule has 2 amide bonds. The minimum Gasteiger partial charge on any atom is -0.367 e. The summed E-state index contributed by atoms with van der Waals surface area (Å²) < 4.78 is 1.25. The number of pyridine rings is 1. The van der Waals surface area contributed by atoms with Gasteiger partial charge in [0.25, 0.3) is 0 Å². The molecule has 1 saturated carbocycles. The third kappa shape index (κ3) is 4.68. The van der Waals surface area contributed by atoms with Gasteiger partial charge in [-0.25, -0.2) is 4.79 Å². The predicted molar refractivity (Wildman–Crippen MR) is 126 cm³/mol. The van der Waals surface area contributed by atoms with Crippen molar-refractivity contribution in [3.8, 4) is 0 Å². The highest BCUT2D eigenvalue weighted by Gasteiger charge is 2.41. The van der Waals surface area contributed by atoms with Crippen LogP contribution in [0.4, 0.5) is 10.5 Å². The van der Waals surface area contributed by atoms with Crippen molar-refractivity contribution in [1.82, 2.24) is 15.2 Å². The second kappa shape index (κ2) is 9.22. The topological polar surface area (TPSA) is 68.6 Å². The van der Waals surface area contributed by atoms with Gasteiger partial charge in [0.2, 0.25) is 6.04 Å². The smallest absolute Gasteiger partial charge is 0.317 e. The van der Waals surface area contributed by atoms with E-state index in [9.17, 15) is 9.70 Å². The summed E-state index contributed by atoms with van der Waals surface area (Å²) in [5, 5.41) is 4.99. The van der Waals surface area contributed by atoms with Gasteiger partial charge in [0.05, 0.1) is 11.6 Å². The number of amides is 2. The largest absolute Gasteiger partial charge is 0.367 e. The fraction of sp³-hybridized carbons (Fsp3) is 0.583. The molecule has 0 spiro atoms. The molecule has 2 unspecified atom stereocenters. The Bertz CT molecular complexity index is 1000. The van der Waals surface area contributed by atoms with Crippen LogP contribution in [0.1, 0.15) is 38.5 Å². The van der Waals surface area contributed by atoms with Crippen molar-refractivity contribution in [2.45, 2.75) is 50.6 Å². The number of fused-ring (bicyclic) bond motifs is 1. The molecule has 2 saturated heterocycles. The van der Waals surface area contributed by atoms with E-state index in [-0.39, 0.29) is 18.1 Å². The highest BCUT2D eigenvalue weighted by Crippen LogP contribution is 2.36. The molecular formula is C24H31ClN5O2+. The van der Waals surface area contributed by atoms with Gasteiger partial charge in [-0.05, 0) is 55.9 Å². The molecule has 170 valence electrons. The van der Waals surface area contributed by atoms with E-state index in [1.165, 1.54) is 17.6 Å². The van der Waals surface area contributed by atoms with Crippen LogP contribution >= 0.6 is 11.6 Å². The number of nitroso groups, excluding NO2 is 1. The number of hydrogen-bond donors (Lipinski definition) is 1. The summed E-state index contributed by atoms with van der Waals surface area (Å²) in [6.45, 7) is 3.43. The van der Waals surface area contributed by atoms with Crippen LogP contribution < -0.4 is 10.2 Å². The second-order valence-corrected chi connectivity index (χ2v) is 9.84. The van der Waals surface area contributed by atoms with Gasteiger partial charge >= 0.3 is 6.03 Å². The van der Waals surface area contributed by atoms with Crippen LogP contribution in [0.3, 0.4) is 0 Å². The lowest BCUT2D eigenvalue weighted by Crippen LogP contribution is -2.56. The Kier molecular flexibility index (Phi) is 6.17. The van der Waals surface area contributed by atoms with E-state index < -0.39 is 0 Å². The first-order valence-corrected chi connectivity index (χ1v) is 12.2. The third-order valence-electron chi connectivity index (χ3n) is 7.15. The van der Waals surface area contributed by atoms with E-state index >= 15 is 0 Å². The van der Waals surface area contributed by atoms with Gasteiger partial charge in [0, 0.05) is 71.0 Å². The van der Waals surface area contributed by atoms with Crippen molar-refractivity contribution in [2.24, 2.45) is 5.92 Å². The Hall–Kier alpha value is -2.41. The molecule has 1 N–H and O–H groups in total. The normalized spacial score (nSPS) is 24.5. The zero-order valence-corrected chi connectivity index (χ0v) is 19.1. The number of nitrogens with one attached hydrogen (secondary N) is 1. The summed E-state index contributed by atoms with van der Waals surface area (Å²) in [7, 11) is 0. The van der Waals surface area contributed by atoms with Gasteiger partial charge in [-0.15, -0.1) is 0 Å². The van der Waals surface area contributed by atoms with E-state index in [2.05, 4.69) is 15.2 Å². The second-order valence-electron chi connectivity index (χ2n) is 9.40. The molecule has 3 heterocycles. The molecule has 0 bridgehead atoms. The SMILES string of the molecule is O=C(NC1CCCC[N+](=O)C1CC1CC1)N1CCN(c2ccnc3cc(Cl)ccc23)CC1. The number of anilines is 1. The first-order valence-electron chi connectivity index (χ1n) is 11.9. The molecule has 5 rings (SSSR count). The van der Waals surface area contributed by atoms with E-state index in [4.69, 9.17) is 11.6 Å².